The molecule has 21 nitrogen and oxygen atoms in total. The fourth-order valence-corrected chi connectivity index (χ4v) is 9.83. The van der Waals surface area contributed by atoms with Crippen LogP contribution in [0.1, 0.15) is 43.9 Å². The third kappa shape index (κ3) is 21.6. The van der Waals surface area contributed by atoms with Crippen LogP contribution in [0.4, 0.5) is 0 Å². The number of aryl methyl sites for hydroxylation is 8. The zero-order chi connectivity index (χ0) is 65.8. The van der Waals surface area contributed by atoms with E-state index in [2.05, 4.69) is 210 Å². The van der Waals surface area contributed by atoms with Gasteiger partial charge in [0.2, 0.25) is 0 Å². The summed E-state index contributed by atoms with van der Waals surface area (Å²) in [5, 5.41) is 59.2. The molecule has 99 heavy (non-hydrogen) atoms. The molecule has 0 amide bonds. The second kappa shape index (κ2) is 40.0. The van der Waals surface area contributed by atoms with Crippen molar-refractivity contribution in [2.45, 2.75) is 41.5 Å². The van der Waals surface area contributed by atoms with Gasteiger partial charge in [-0.05, 0) is 120 Å². The average Bonchev–Trinajstić information content (AvgIpc) is 1.78. The van der Waals surface area contributed by atoms with Crippen molar-refractivity contribution in [2.75, 3.05) is 0 Å². The Morgan fingerprint density at radius 1 is 0.475 bits per heavy atom. The number of pyridine rings is 2. The maximum Gasteiger partial charge on any atom is 0.354 e. The number of rotatable bonds is 9. The molecule has 0 aliphatic rings. The second-order valence-electron chi connectivity index (χ2n) is 21.1. The molecule has 7 aromatic heterocycles. The molecule has 7 heterocycles. The molecule has 15 rings (SSSR count). The first kappa shape index (κ1) is 80.5. The average molecular weight is 2210 g/mol. The van der Waals surface area contributed by atoms with Crippen molar-refractivity contribution in [2.24, 2.45) is 14.1 Å². The van der Waals surface area contributed by atoms with Crippen LogP contribution < -0.4 is 0 Å². The SMILES string of the molecule is Cc1cc(C)cc(-n2nnnc2-c2[c-]cccc2)c1.Cc1cccc(C)c1-n1cc(-c2[c-]cccc2)nn1.Cc1cccc(C)c1-n1nnnc1-c1[c-]cccc1.Cn1cnnc1-c1[c-]ccnc1.Cn1ncc(-c2[c-]ccc3ccccc23)n1.O=C(O)c1ccccn1.[Pt].[Pt].[Pt].[Pt].[Pt]. The number of carboxylic acid groups (broad SMARTS) is 1. The number of para-hydroxylation sites is 2. The van der Waals surface area contributed by atoms with Gasteiger partial charge >= 0.3 is 5.97 Å². The number of tetrazole rings is 2. The van der Waals surface area contributed by atoms with Crippen LogP contribution in [0.25, 0.3) is 84.5 Å². The fraction of sp³-hybridized carbons (Fsp3) is 0.110. The predicted octanol–water partition coefficient (Wildman–Crippen LogP) is 12.7. The van der Waals surface area contributed by atoms with Crippen molar-refractivity contribution in [3.8, 4) is 73.7 Å². The van der Waals surface area contributed by atoms with Crippen molar-refractivity contribution < 1.29 is 115 Å². The summed E-state index contributed by atoms with van der Waals surface area (Å²) in [4.78, 5) is 19.2. The number of carboxylic acids is 1. The quantitative estimate of drug-likeness (QED) is 0.132. The van der Waals surface area contributed by atoms with Gasteiger partial charge in [-0.15, -0.1) is 154 Å². The summed E-state index contributed by atoms with van der Waals surface area (Å²) in [6.07, 6.45) is 10.2. The van der Waals surface area contributed by atoms with Crippen LogP contribution in [0.5, 0.6) is 0 Å². The van der Waals surface area contributed by atoms with Gasteiger partial charge in [0, 0.05) is 149 Å². The summed E-state index contributed by atoms with van der Waals surface area (Å²) in [6.45, 7) is 12.4. The van der Waals surface area contributed by atoms with Crippen LogP contribution in [0.15, 0.2) is 225 Å². The molecule has 0 bridgehead atoms. The van der Waals surface area contributed by atoms with E-state index in [1.807, 2.05) is 127 Å². The number of fused-ring (bicyclic) bond motifs is 1. The summed E-state index contributed by atoms with van der Waals surface area (Å²) in [6, 6.07) is 76.2. The standard InChI is InChI=1S/C16H14N3.2C15H13N4.C13H10N3.C8H7N4.C6H5NO2.5Pt/c1-12-7-6-8-13(2)16(12)19-11-15(17-18-19)14-9-4-3-5-10-14;1-11-7-6-8-12(2)14(11)19-15(16-17-18-19)13-9-4-3-5-10-13;1-11-8-12(2)10-14(9-11)19-15(16-17-18-19)13-6-4-3-5-7-13;1-16-14-9-13(15-16)12-8-4-6-10-5-2-3-7-11(10)12;1-12-6-10-11-8(12)7-3-2-4-9-5-7;8-6(9)5-3-1-2-4-7-5;;;;;/h3-9,11H,1-2H3;3-9H,1-2H3;3-6,8-10H,1-2H3;2-7,9H,1H3;2,4-6H,1H3;1-4H,(H,8,9);;;;;/q5*-1;;;;;;. The van der Waals surface area contributed by atoms with Crippen molar-refractivity contribution in [3.05, 3.63) is 295 Å². The Morgan fingerprint density at radius 3 is 1.57 bits per heavy atom. The largest absolute Gasteiger partial charge is 0.477 e. The maximum atomic E-state index is 10.1. The molecular formula is C73H62N19O2Pt5-5. The van der Waals surface area contributed by atoms with E-state index < -0.39 is 5.97 Å². The number of carbonyl (C=O) groups is 1. The number of benzene rings is 8. The van der Waals surface area contributed by atoms with Gasteiger partial charge in [0.1, 0.15) is 23.7 Å². The first-order valence-corrected chi connectivity index (χ1v) is 29.5. The van der Waals surface area contributed by atoms with Gasteiger partial charge in [-0.2, -0.15) is 30.3 Å². The molecule has 0 saturated heterocycles. The Hall–Kier alpha value is -9.21. The summed E-state index contributed by atoms with van der Waals surface area (Å²) in [7, 11) is 3.70. The molecule has 26 heteroatoms. The molecular weight excluding hydrogens is 2150 g/mol. The number of hydrogen-bond donors (Lipinski definition) is 1. The minimum atomic E-state index is -0.990. The fourth-order valence-electron chi connectivity index (χ4n) is 9.83. The first-order valence-electron chi connectivity index (χ1n) is 29.5. The van der Waals surface area contributed by atoms with Crippen LogP contribution in [0, 0.1) is 71.9 Å². The number of aromatic nitrogens is 19. The molecule has 0 unspecified atom stereocenters. The minimum Gasteiger partial charge on any atom is -0.477 e. The van der Waals surface area contributed by atoms with E-state index in [9.17, 15) is 4.79 Å². The molecule has 0 fully saturated rings. The molecule has 1 N–H and O–H groups in total. The number of hydrogen-bond acceptors (Lipinski definition) is 15. The number of aromatic carboxylic acids is 1. The molecule has 0 radical (unpaired) electrons. The van der Waals surface area contributed by atoms with Crippen molar-refractivity contribution in [1.29, 1.82) is 0 Å². The van der Waals surface area contributed by atoms with E-state index in [1.54, 1.807) is 57.3 Å². The third-order valence-electron chi connectivity index (χ3n) is 14.1. The van der Waals surface area contributed by atoms with Crippen LogP contribution in [0.2, 0.25) is 0 Å². The van der Waals surface area contributed by atoms with Gasteiger partial charge in [-0.3, -0.25) is 0 Å². The molecule has 0 spiro atoms. The van der Waals surface area contributed by atoms with Crippen LogP contribution >= 0.6 is 0 Å². The molecule has 8 aromatic carbocycles. The van der Waals surface area contributed by atoms with Gasteiger partial charge in [0.05, 0.1) is 22.9 Å². The van der Waals surface area contributed by atoms with Crippen LogP contribution in [-0.4, -0.2) is 106 Å². The van der Waals surface area contributed by atoms with E-state index in [4.69, 9.17) is 5.11 Å². The Labute approximate surface area is 645 Å². The van der Waals surface area contributed by atoms with Gasteiger partial charge in [-0.1, -0.05) is 101 Å². The molecule has 0 aliphatic carbocycles. The number of nitrogens with zero attached hydrogens (tertiary/aromatic N) is 19. The van der Waals surface area contributed by atoms with Crippen molar-refractivity contribution >= 4 is 16.7 Å². The van der Waals surface area contributed by atoms with Crippen LogP contribution in [-0.2, 0) is 119 Å². The molecule has 516 valence electrons. The molecule has 0 saturated carbocycles. The van der Waals surface area contributed by atoms with E-state index in [1.165, 1.54) is 39.9 Å². The Bertz CT molecular complexity index is 4840. The predicted molar refractivity (Wildman–Crippen MR) is 358 cm³/mol. The monoisotopic (exact) mass is 2210 g/mol. The van der Waals surface area contributed by atoms with Gasteiger partial charge in [-0.25, -0.2) is 28.9 Å². The smallest absolute Gasteiger partial charge is 0.354 e. The second-order valence-corrected chi connectivity index (χ2v) is 21.1. The Kier molecular flexibility index (Phi) is 32.5. The van der Waals surface area contributed by atoms with Crippen molar-refractivity contribution in [3.63, 3.8) is 0 Å². The van der Waals surface area contributed by atoms with E-state index in [0.29, 0.717) is 11.6 Å². The Balaban J connectivity index is 0.000000215. The van der Waals surface area contributed by atoms with E-state index in [-0.39, 0.29) is 111 Å². The topological polar surface area (TPSA) is 242 Å². The van der Waals surface area contributed by atoms with Crippen LogP contribution in [0.3, 0.4) is 0 Å². The summed E-state index contributed by atoms with van der Waals surface area (Å²) < 4.78 is 7.18. The van der Waals surface area contributed by atoms with Gasteiger partial charge in [0.15, 0.2) is 0 Å². The zero-order valence-corrected chi connectivity index (χ0v) is 65.7. The van der Waals surface area contributed by atoms with E-state index >= 15 is 0 Å². The van der Waals surface area contributed by atoms with Crippen molar-refractivity contribution in [1.82, 2.24) is 95.1 Å². The van der Waals surface area contributed by atoms with E-state index in [0.717, 1.165) is 78.6 Å². The first-order chi connectivity index (χ1) is 45.8. The Morgan fingerprint density at radius 2 is 1.04 bits per heavy atom. The van der Waals surface area contributed by atoms with Gasteiger partial charge in [0.25, 0.3) is 0 Å². The van der Waals surface area contributed by atoms with Gasteiger partial charge < -0.3 is 14.7 Å². The minimum absolute atomic E-state index is 0. The summed E-state index contributed by atoms with van der Waals surface area (Å²) in [5.74, 6) is 1.20. The summed E-state index contributed by atoms with van der Waals surface area (Å²) in [5.41, 5.74) is 16.5. The third-order valence-corrected chi connectivity index (χ3v) is 14.1. The molecule has 0 aliphatic heterocycles. The summed E-state index contributed by atoms with van der Waals surface area (Å²) >= 11 is 0. The molecule has 0 atom stereocenters. The normalized spacial score (nSPS) is 9.90. The molecule has 15 aromatic rings. The zero-order valence-electron chi connectivity index (χ0n) is 54.3. The maximum absolute atomic E-state index is 10.1.